The summed E-state index contributed by atoms with van der Waals surface area (Å²) in [5.74, 6) is 0.563. The molecule has 3 rings (SSSR count). The molecule has 0 aliphatic carbocycles. The molecule has 1 saturated heterocycles. The van der Waals surface area contributed by atoms with Crippen LogP contribution in [0.4, 0.5) is 5.69 Å². The van der Waals surface area contributed by atoms with Crippen molar-refractivity contribution in [3.63, 3.8) is 0 Å². The first-order valence-electron chi connectivity index (χ1n) is 11.1. The van der Waals surface area contributed by atoms with Crippen LogP contribution in [0, 0.1) is 6.92 Å². The molecule has 2 aromatic carbocycles. The van der Waals surface area contributed by atoms with E-state index in [1.54, 1.807) is 24.3 Å². The van der Waals surface area contributed by atoms with Crippen LogP contribution in [0.2, 0.25) is 0 Å². The van der Waals surface area contributed by atoms with Gasteiger partial charge in [-0.05, 0) is 61.9 Å². The van der Waals surface area contributed by atoms with Crippen LogP contribution < -0.4 is 15.0 Å². The number of hydrogen-bond acceptors (Lipinski definition) is 5. The number of carbonyl (C=O) groups is 2. The lowest BCUT2D eigenvalue weighted by molar-refractivity contribution is -0.123. The Hall–Kier alpha value is -2.86. The van der Waals surface area contributed by atoms with Gasteiger partial charge in [-0.3, -0.25) is 14.5 Å². The van der Waals surface area contributed by atoms with Gasteiger partial charge in [0.1, 0.15) is 5.75 Å². The SMILES string of the molecule is CCC(=O)c1ccc(OCC(=O)NCCCN2CCN(c3cccc(C)c3)CC2)cc1. The second-order valence-electron chi connectivity index (χ2n) is 7.96. The third kappa shape index (κ3) is 7.10. The molecule has 31 heavy (non-hydrogen) atoms. The van der Waals surface area contributed by atoms with Crippen molar-refractivity contribution >= 4 is 17.4 Å². The van der Waals surface area contributed by atoms with Gasteiger partial charge in [-0.25, -0.2) is 0 Å². The molecule has 0 saturated carbocycles. The number of ketones is 1. The Bertz CT molecular complexity index is 859. The molecule has 0 spiro atoms. The Kier molecular flexibility index (Phi) is 8.47. The van der Waals surface area contributed by atoms with Gasteiger partial charge in [0.05, 0.1) is 0 Å². The molecule has 0 atom stereocenters. The zero-order valence-corrected chi connectivity index (χ0v) is 18.6. The lowest BCUT2D eigenvalue weighted by atomic mass is 10.1. The molecule has 6 heteroatoms. The van der Waals surface area contributed by atoms with E-state index in [4.69, 9.17) is 4.74 Å². The predicted molar refractivity (Wildman–Crippen MR) is 124 cm³/mol. The summed E-state index contributed by atoms with van der Waals surface area (Å²) in [5.41, 5.74) is 3.26. The fourth-order valence-corrected chi connectivity index (χ4v) is 3.73. The molecule has 1 N–H and O–H groups in total. The van der Waals surface area contributed by atoms with Crippen LogP contribution >= 0.6 is 0 Å². The summed E-state index contributed by atoms with van der Waals surface area (Å²) in [4.78, 5) is 28.5. The van der Waals surface area contributed by atoms with E-state index in [9.17, 15) is 9.59 Å². The molecule has 0 aromatic heterocycles. The number of rotatable bonds is 10. The van der Waals surface area contributed by atoms with Crippen molar-refractivity contribution < 1.29 is 14.3 Å². The van der Waals surface area contributed by atoms with E-state index < -0.39 is 0 Å². The minimum atomic E-state index is -0.127. The quantitative estimate of drug-likeness (QED) is 0.469. The normalized spacial score (nSPS) is 14.3. The van der Waals surface area contributed by atoms with Crippen molar-refractivity contribution in [3.05, 3.63) is 59.7 Å². The summed E-state index contributed by atoms with van der Waals surface area (Å²) in [6, 6.07) is 15.6. The average Bonchev–Trinajstić information content (AvgIpc) is 2.80. The summed E-state index contributed by atoms with van der Waals surface area (Å²) < 4.78 is 5.51. The van der Waals surface area contributed by atoms with E-state index in [2.05, 4.69) is 46.3 Å². The van der Waals surface area contributed by atoms with Crippen LogP contribution in [-0.4, -0.2) is 62.5 Å². The molecule has 166 valence electrons. The van der Waals surface area contributed by atoms with Crippen LogP contribution in [0.25, 0.3) is 0 Å². The molecule has 0 radical (unpaired) electrons. The van der Waals surface area contributed by atoms with Crippen molar-refractivity contribution in [1.82, 2.24) is 10.2 Å². The first kappa shape index (κ1) is 22.8. The number of hydrogen-bond donors (Lipinski definition) is 1. The maximum absolute atomic E-state index is 12.0. The number of ether oxygens (including phenoxy) is 1. The van der Waals surface area contributed by atoms with Crippen molar-refractivity contribution in [2.45, 2.75) is 26.7 Å². The third-order valence-corrected chi connectivity index (χ3v) is 5.58. The maximum Gasteiger partial charge on any atom is 0.257 e. The third-order valence-electron chi connectivity index (χ3n) is 5.58. The molecule has 1 fully saturated rings. The van der Waals surface area contributed by atoms with Gasteiger partial charge < -0.3 is 15.0 Å². The zero-order valence-electron chi connectivity index (χ0n) is 18.6. The summed E-state index contributed by atoms with van der Waals surface area (Å²) in [7, 11) is 0. The Morgan fingerprint density at radius 2 is 1.77 bits per heavy atom. The number of aryl methyl sites for hydroxylation is 1. The molecule has 1 amide bonds. The van der Waals surface area contributed by atoms with Gasteiger partial charge >= 0.3 is 0 Å². The zero-order chi connectivity index (χ0) is 22.1. The molecule has 1 heterocycles. The van der Waals surface area contributed by atoms with Crippen LogP contribution in [0.5, 0.6) is 5.75 Å². The number of benzene rings is 2. The highest BCUT2D eigenvalue weighted by Crippen LogP contribution is 2.18. The number of piperazine rings is 1. The molecule has 1 aliphatic heterocycles. The predicted octanol–water partition coefficient (Wildman–Crippen LogP) is 3.30. The van der Waals surface area contributed by atoms with E-state index in [1.165, 1.54) is 11.3 Å². The van der Waals surface area contributed by atoms with E-state index in [0.29, 0.717) is 24.3 Å². The Morgan fingerprint density at radius 1 is 1.03 bits per heavy atom. The number of nitrogens with zero attached hydrogens (tertiary/aromatic N) is 2. The van der Waals surface area contributed by atoms with Gasteiger partial charge in [0.2, 0.25) is 0 Å². The van der Waals surface area contributed by atoms with Crippen LogP contribution in [0.3, 0.4) is 0 Å². The lowest BCUT2D eigenvalue weighted by Gasteiger charge is -2.36. The summed E-state index contributed by atoms with van der Waals surface area (Å²) in [5, 5.41) is 2.92. The van der Waals surface area contributed by atoms with Crippen molar-refractivity contribution in [2.24, 2.45) is 0 Å². The van der Waals surface area contributed by atoms with Gasteiger partial charge in [0, 0.05) is 50.4 Å². The summed E-state index contributed by atoms with van der Waals surface area (Å²) >= 11 is 0. The van der Waals surface area contributed by atoms with Gasteiger partial charge in [0.25, 0.3) is 5.91 Å². The fraction of sp³-hybridized carbons (Fsp3) is 0.440. The average molecular weight is 424 g/mol. The number of amides is 1. The number of nitrogens with one attached hydrogen (secondary N) is 1. The second kappa shape index (κ2) is 11.5. The second-order valence-corrected chi connectivity index (χ2v) is 7.96. The fourth-order valence-electron chi connectivity index (χ4n) is 3.73. The van der Waals surface area contributed by atoms with Crippen molar-refractivity contribution in [1.29, 1.82) is 0 Å². The Morgan fingerprint density at radius 3 is 2.45 bits per heavy atom. The topological polar surface area (TPSA) is 61.9 Å². The number of carbonyl (C=O) groups excluding carboxylic acids is 2. The van der Waals surface area contributed by atoms with Crippen LogP contribution in [0.1, 0.15) is 35.7 Å². The summed E-state index contributed by atoms with van der Waals surface area (Å²) in [6.45, 7) is 9.73. The monoisotopic (exact) mass is 423 g/mol. The molecule has 1 aliphatic rings. The highest BCUT2D eigenvalue weighted by molar-refractivity contribution is 5.95. The van der Waals surface area contributed by atoms with Gasteiger partial charge in [-0.1, -0.05) is 19.1 Å². The van der Waals surface area contributed by atoms with E-state index in [0.717, 1.165) is 39.1 Å². The highest BCUT2D eigenvalue weighted by Gasteiger charge is 2.16. The molecule has 2 aromatic rings. The van der Waals surface area contributed by atoms with Crippen molar-refractivity contribution in [3.8, 4) is 5.75 Å². The van der Waals surface area contributed by atoms with Gasteiger partial charge in [-0.15, -0.1) is 0 Å². The van der Waals surface area contributed by atoms with Crippen LogP contribution in [0.15, 0.2) is 48.5 Å². The van der Waals surface area contributed by atoms with Gasteiger partial charge in [0.15, 0.2) is 12.4 Å². The highest BCUT2D eigenvalue weighted by atomic mass is 16.5. The molecular formula is C25H33N3O3. The summed E-state index contributed by atoms with van der Waals surface area (Å²) in [6.07, 6.45) is 1.40. The molecule has 6 nitrogen and oxygen atoms in total. The first-order valence-corrected chi connectivity index (χ1v) is 11.1. The van der Waals surface area contributed by atoms with Gasteiger partial charge in [-0.2, -0.15) is 0 Å². The van der Waals surface area contributed by atoms with E-state index in [-0.39, 0.29) is 18.3 Å². The van der Waals surface area contributed by atoms with Crippen LogP contribution in [-0.2, 0) is 4.79 Å². The van der Waals surface area contributed by atoms with E-state index >= 15 is 0 Å². The maximum atomic E-state index is 12.0. The number of Topliss-reactive ketones (excluding diaryl/α,β-unsaturated/α-hetero) is 1. The largest absolute Gasteiger partial charge is 0.484 e. The Labute approximate surface area is 185 Å². The van der Waals surface area contributed by atoms with E-state index in [1.807, 2.05) is 6.92 Å². The molecule has 0 unspecified atom stereocenters. The molecule has 0 bridgehead atoms. The standard InChI is InChI=1S/C25H33N3O3/c1-3-24(29)21-8-10-23(11-9-21)31-19-25(30)26-12-5-13-27-14-16-28(17-15-27)22-7-4-6-20(2)18-22/h4,6-11,18H,3,5,12-17,19H2,1-2H3,(H,26,30). The van der Waals surface area contributed by atoms with Crippen molar-refractivity contribution in [2.75, 3.05) is 50.8 Å². The minimum Gasteiger partial charge on any atom is -0.484 e. The Balaban J connectivity index is 1.28. The smallest absolute Gasteiger partial charge is 0.257 e. The first-order chi connectivity index (χ1) is 15.0. The number of anilines is 1. The lowest BCUT2D eigenvalue weighted by Crippen LogP contribution is -2.47. The minimum absolute atomic E-state index is 0.0176. The molecular weight excluding hydrogens is 390 g/mol.